The van der Waals surface area contributed by atoms with Gasteiger partial charge in [-0.05, 0) is 33.2 Å². The van der Waals surface area contributed by atoms with Crippen molar-refractivity contribution >= 4 is 6.09 Å². The van der Waals surface area contributed by atoms with Gasteiger partial charge in [-0.15, -0.1) is 0 Å². The second-order valence-corrected chi connectivity index (χ2v) is 3.60. The van der Waals surface area contributed by atoms with Gasteiger partial charge in [-0.1, -0.05) is 6.92 Å². The first-order valence-corrected chi connectivity index (χ1v) is 4.64. The van der Waals surface area contributed by atoms with E-state index >= 15 is 0 Å². The molecule has 4 nitrogen and oxygen atoms in total. The van der Waals surface area contributed by atoms with Gasteiger partial charge in [0.2, 0.25) is 0 Å². The number of hydrogen-bond donors (Lipinski definition) is 2. The predicted molar refractivity (Wildman–Crippen MR) is 52.4 cm³/mol. The maximum absolute atomic E-state index is 11.1. The first-order valence-electron chi connectivity index (χ1n) is 4.64. The lowest BCUT2D eigenvalue weighted by Gasteiger charge is -2.20. The van der Waals surface area contributed by atoms with Crippen molar-refractivity contribution in [3.05, 3.63) is 0 Å². The fourth-order valence-electron chi connectivity index (χ4n) is 0.780. The van der Waals surface area contributed by atoms with Crippen LogP contribution >= 0.6 is 0 Å². The maximum atomic E-state index is 11.1. The molecule has 0 heterocycles. The molecule has 0 aromatic heterocycles. The van der Waals surface area contributed by atoms with Crippen molar-refractivity contribution in [3.8, 4) is 0 Å². The van der Waals surface area contributed by atoms with E-state index < -0.39 is 0 Å². The van der Waals surface area contributed by atoms with Crippen LogP contribution in [0.2, 0.25) is 0 Å². The Kier molecular flexibility index (Phi) is 5.46. The van der Waals surface area contributed by atoms with E-state index in [1.54, 1.807) is 0 Å². The summed E-state index contributed by atoms with van der Waals surface area (Å²) in [6.45, 7) is 8.09. The molecule has 0 saturated carbocycles. The molecule has 0 spiro atoms. The summed E-state index contributed by atoms with van der Waals surface area (Å²) >= 11 is 0. The lowest BCUT2D eigenvalue weighted by atomic mass is 10.1. The molecule has 0 aromatic rings. The molecule has 0 aliphatic rings. The van der Waals surface area contributed by atoms with E-state index in [4.69, 9.17) is 10.5 Å². The highest BCUT2D eigenvalue weighted by molar-refractivity contribution is 5.67. The highest BCUT2D eigenvalue weighted by Crippen LogP contribution is 2.00. The van der Waals surface area contributed by atoms with Crippen LogP contribution < -0.4 is 11.1 Å². The Morgan fingerprint density at radius 3 is 2.31 bits per heavy atom. The van der Waals surface area contributed by atoms with E-state index in [-0.39, 0.29) is 24.2 Å². The largest absolute Gasteiger partial charge is 0.447 e. The van der Waals surface area contributed by atoms with Crippen LogP contribution in [0.15, 0.2) is 0 Å². The van der Waals surface area contributed by atoms with Crippen LogP contribution in [0.3, 0.4) is 0 Å². The quantitative estimate of drug-likeness (QED) is 0.694. The summed E-state index contributed by atoms with van der Waals surface area (Å²) in [6, 6.07) is 0.0521. The van der Waals surface area contributed by atoms with Crippen molar-refractivity contribution in [2.24, 2.45) is 11.7 Å². The third-order valence-corrected chi connectivity index (χ3v) is 1.91. The molecular weight excluding hydrogens is 168 g/mol. The summed E-state index contributed by atoms with van der Waals surface area (Å²) in [6.07, 6.45) is -0.455. The zero-order valence-electron chi connectivity index (χ0n) is 8.83. The van der Waals surface area contributed by atoms with Crippen LogP contribution in [0.25, 0.3) is 0 Å². The van der Waals surface area contributed by atoms with Gasteiger partial charge >= 0.3 is 6.09 Å². The average Bonchev–Trinajstić information content (AvgIpc) is 2.01. The number of ether oxygens (including phenoxy) is 1. The molecule has 0 aliphatic carbocycles. The molecule has 0 rings (SSSR count). The first-order chi connectivity index (χ1) is 5.97. The molecule has 0 unspecified atom stereocenters. The molecule has 0 aliphatic heterocycles. The Balaban J connectivity index is 3.77. The van der Waals surface area contributed by atoms with Crippen LogP contribution in [-0.2, 0) is 4.74 Å². The lowest BCUT2D eigenvalue weighted by molar-refractivity contribution is 0.110. The number of amides is 1. The maximum Gasteiger partial charge on any atom is 0.407 e. The molecule has 2 atom stereocenters. The minimum atomic E-state index is -0.372. The molecule has 3 N–H and O–H groups in total. The Labute approximate surface area is 79.8 Å². The number of nitrogens with two attached hydrogens (primary N) is 1. The summed E-state index contributed by atoms with van der Waals surface area (Å²) in [5.74, 6) is 0.264. The van der Waals surface area contributed by atoms with Crippen LogP contribution in [0.1, 0.15) is 27.7 Å². The smallest absolute Gasteiger partial charge is 0.407 e. The van der Waals surface area contributed by atoms with Gasteiger partial charge in [0, 0.05) is 6.04 Å². The number of nitrogens with one attached hydrogen (secondary N) is 1. The SMILES string of the molecule is CC(C)OC(=O)N[C@H](C)[C@@H](C)CN. The van der Waals surface area contributed by atoms with Crippen molar-refractivity contribution in [1.82, 2.24) is 5.32 Å². The Bertz CT molecular complexity index is 160. The summed E-state index contributed by atoms with van der Waals surface area (Å²) in [4.78, 5) is 11.1. The van der Waals surface area contributed by atoms with Crippen LogP contribution in [-0.4, -0.2) is 24.8 Å². The molecule has 0 saturated heterocycles. The van der Waals surface area contributed by atoms with Gasteiger partial charge in [-0.2, -0.15) is 0 Å². The van der Waals surface area contributed by atoms with Crippen LogP contribution in [0.5, 0.6) is 0 Å². The van der Waals surface area contributed by atoms with Crippen molar-refractivity contribution in [2.45, 2.75) is 39.8 Å². The van der Waals surface area contributed by atoms with Gasteiger partial charge in [0.25, 0.3) is 0 Å². The topological polar surface area (TPSA) is 64.3 Å². The fraction of sp³-hybridized carbons (Fsp3) is 0.889. The summed E-state index contributed by atoms with van der Waals surface area (Å²) in [7, 11) is 0. The lowest BCUT2D eigenvalue weighted by Crippen LogP contribution is -2.40. The molecule has 0 radical (unpaired) electrons. The van der Waals surface area contributed by atoms with Crippen LogP contribution in [0, 0.1) is 5.92 Å². The minimum absolute atomic E-state index is 0.0521. The predicted octanol–water partition coefficient (Wildman–Crippen LogP) is 1.10. The van der Waals surface area contributed by atoms with E-state index in [9.17, 15) is 4.79 Å². The molecule has 0 bridgehead atoms. The number of carbonyl (C=O) groups is 1. The molecule has 1 amide bonds. The number of alkyl carbamates (subject to hydrolysis) is 1. The van der Waals surface area contributed by atoms with Crippen LogP contribution in [0.4, 0.5) is 4.79 Å². The number of rotatable bonds is 4. The van der Waals surface area contributed by atoms with Crippen molar-refractivity contribution in [2.75, 3.05) is 6.54 Å². The van der Waals surface area contributed by atoms with Gasteiger partial charge in [0.05, 0.1) is 6.10 Å². The fourth-order valence-corrected chi connectivity index (χ4v) is 0.780. The second kappa shape index (κ2) is 5.80. The third-order valence-electron chi connectivity index (χ3n) is 1.91. The zero-order chi connectivity index (χ0) is 10.4. The van der Waals surface area contributed by atoms with Crippen molar-refractivity contribution in [3.63, 3.8) is 0 Å². The first kappa shape index (κ1) is 12.2. The highest BCUT2D eigenvalue weighted by atomic mass is 16.6. The molecule has 78 valence electrons. The monoisotopic (exact) mass is 188 g/mol. The van der Waals surface area contributed by atoms with Crippen molar-refractivity contribution < 1.29 is 9.53 Å². The van der Waals surface area contributed by atoms with E-state index in [1.165, 1.54) is 0 Å². The summed E-state index contributed by atoms with van der Waals surface area (Å²) in [5.41, 5.74) is 5.46. The Morgan fingerprint density at radius 1 is 1.38 bits per heavy atom. The van der Waals surface area contributed by atoms with E-state index in [2.05, 4.69) is 5.32 Å². The van der Waals surface area contributed by atoms with E-state index in [1.807, 2.05) is 27.7 Å². The van der Waals surface area contributed by atoms with Crippen molar-refractivity contribution in [1.29, 1.82) is 0 Å². The second-order valence-electron chi connectivity index (χ2n) is 3.60. The zero-order valence-corrected chi connectivity index (χ0v) is 8.83. The van der Waals surface area contributed by atoms with Gasteiger partial charge in [0.15, 0.2) is 0 Å². The van der Waals surface area contributed by atoms with E-state index in [0.717, 1.165) is 0 Å². The molecule has 0 fully saturated rings. The van der Waals surface area contributed by atoms with E-state index in [0.29, 0.717) is 6.54 Å². The Hall–Kier alpha value is -0.770. The molecule has 0 aromatic carbocycles. The number of carbonyl (C=O) groups excluding carboxylic acids is 1. The normalized spacial score (nSPS) is 15.2. The number of hydrogen-bond acceptors (Lipinski definition) is 3. The van der Waals surface area contributed by atoms with Gasteiger partial charge in [0.1, 0.15) is 0 Å². The summed E-state index contributed by atoms with van der Waals surface area (Å²) < 4.78 is 4.92. The van der Waals surface area contributed by atoms with Gasteiger partial charge in [-0.3, -0.25) is 0 Å². The average molecular weight is 188 g/mol. The standard InChI is InChI=1S/C9H20N2O2/c1-6(2)13-9(12)11-8(4)7(3)5-10/h6-8H,5,10H2,1-4H3,(H,11,12)/t7-,8+/m0/s1. The minimum Gasteiger partial charge on any atom is -0.447 e. The Morgan fingerprint density at radius 2 is 1.92 bits per heavy atom. The molecule has 4 heteroatoms. The highest BCUT2D eigenvalue weighted by Gasteiger charge is 2.14. The third kappa shape index (κ3) is 5.47. The van der Waals surface area contributed by atoms with Gasteiger partial charge < -0.3 is 15.8 Å². The van der Waals surface area contributed by atoms with Gasteiger partial charge in [-0.25, -0.2) is 4.79 Å². The molecular formula is C9H20N2O2. The molecule has 13 heavy (non-hydrogen) atoms. The summed E-state index contributed by atoms with van der Waals surface area (Å²) in [5, 5.41) is 2.72.